The molecule has 0 aliphatic carbocycles. The zero-order chi connectivity index (χ0) is 10.4. The van der Waals surface area contributed by atoms with Gasteiger partial charge in [-0.1, -0.05) is 0 Å². The molecule has 1 rings (SSSR count). The van der Waals surface area contributed by atoms with E-state index in [0.29, 0.717) is 0 Å². The molecule has 0 saturated carbocycles. The first kappa shape index (κ1) is 11.5. The predicted molar refractivity (Wildman–Crippen MR) is 57.0 cm³/mol. The number of carbonyl (C=O) groups is 1. The van der Waals surface area contributed by atoms with Gasteiger partial charge in [0, 0.05) is 6.54 Å². The molecule has 1 atom stereocenters. The first-order valence-corrected chi connectivity index (χ1v) is 5.46. The fourth-order valence-corrected chi connectivity index (χ4v) is 1.68. The van der Waals surface area contributed by atoms with Gasteiger partial charge >= 0.3 is 0 Å². The number of nitrogens with two attached hydrogens (primary N) is 1. The lowest BCUT2D eigenvalue weighted by atomic mass is 10.3. The quantitative estimate of drug-likeness (QED) is 0.610. The number of nitrogens with zero attached hydrogens (tertiary/aromatic N) is 1. The fourth-order valence-electron chi connectivity index (χ4n) is 1.68. The molecule has 0 aromatic heterocycles. The maximum Gasteiger partial charge on any atom is 0.236 e. The van der Waals surface area contributed by atoms with Crippen LogP contribution in [0.5, 0.6) is 0 Å². The summed E-state index contributed by atoms with van der Waals surface area (Å²) in [6.45, 7) is 5.99. The number of hydrogen-bond acceptors (Lipinski definition) is 3. The number of likely N-dealkylation sites (tertiary alicyclic amines) is 1. The SMILES string of the molecule is C[C@@H](N)C(=O)NCCCN1CCCC1. The largest absolute Gasteiger partial charge is 0.355 e. The molecule has 0 unspecified atom stereocenters. The molecule has 0 aromatic rings. The summed E-state index contributed by atoms with van der Waals surface area (Å²) >= 11 is 0. The van der Waals surface area contributed by atoms with Crippen molar-refractivity contribution in [2.24, 2.45) is 5.73 Å². The van der Waals surface area contributed by atoms with Gasteiger partial charge in [0.15, 0.2) is 0 Å². The van der Waals surface area contributed by atoms with E-state index in [-0.39, 0.29) is 11.9 Å². The molecule has 0 aromatic carbocycles. The van der Waals surface area contributed by atoms with Crippen LogP contribution in [-0.2, 0) is 4.79 Å². The topological polar surface area (TPSA) is 58.4 Å². The summed E-state index contributed by atoms with van der Waals surface area (Å²) in [7, 11) is 0. The second-order valence-corrected chi connectivity index (χ2v) is 3.98. The number of rotatable bonds is 5. The third-order valence-corrected chi connectivity index (χ3v) is 2.56. The Bertz CT molecular complexity index is 176. The van der Waals surface area contributed by atoms with Crippen LogP contribution in [0, 0.1) is 0 Å². The van der Waals surface area contributed by atoms with E-state index in [4.69, 9.17) is 5.73 Å². The molecule has 4 heteroatoms. The number of carbonyl (C=O) groups excluding carboxylic acids is 1. The van der Waals surface area contributed by atoms with E-state index in [1.54, 1.807) is 6.92 Å². The Morgan fingerprint density at radius 2 is 2.14 bits per heavy atom. The average Bonchev–Trinajstić information content (AvgIpc) is 2.64. The fraction of sp³-hybridized carbons (Fsp3) is 0.900. The smallest absolute Gasteiger partial charge is 0.236 e. The van der Waals surface area contributed by atoms with Gasteiger partial charge in [-0.2, -0.15) is 0 Å². The zero-order valence-electron chi connectivity index (χ0n) is 8.96. The second-order valence-electron chi connectivity index (χ2n) is 3.98. The van der Waals surface area contributed by atoms with Crippen LogP contribution < -0.4 is 11.1 Å². The van der Waals surface area contributed by atoms with Crippen molar-refractivity contribution in [3.8, 4) is 0 Å². The van der Waals surface area contributed by atoms with E-state index in [0.717, 1.165) is 19.5 Å². The molecule has 1 saturated heterocycles. The summed E-state index contributed by atoms with van der Waals surface area (Å²) < 4.78 is 0. The minimum absolute atomic E-state index is 0.0496. The molecule has 14 heavy (non-hydrogen) atoms. The second kappa shape index (κ2) is 5.98. The van der Waals surface area contributed by atoms with E-state index in [1.165, 1.54) is 25.9 Å². The Balaban J connectivity index is 1.96. The average molecular weight is 199 g/mol. The highest BCUT2D eigenvalue weighted by Crippen LogP contribution is 2.06. The van der Waals surface area contributed by atoms with Crippen LogP contribution >= 0.6 is 0 Å². The molecule has 1 aliphatic heterocycles. The minimum atomic E-state index is -0.387. The van der Waals surface area contributed by atoms with Crippen LogP contribution in [0.1, 0.15) is 26.2 Å². The van der Waals surface area contributed by atoms with Crippen LogP contribution in [0.15, 0.2) is 0 Å². The highest BCUT2D eigenvalue weighted by molar-refractivity contribution is 5.80. The van der Waals surface area contributed by atoms with Gasteiger partial charge in [0.05, 0.1) is 6.04 Å². The summed E-state index contributed by atoms with van der Waals surface area (Å²) in [4.78, 5) is 13.5. The normalized spacial score (nSPS) is 19.6. The van der Waals surface area contributed by atoms with Crippen LogP contribution in [0.2, 0.25) is 0 Å². The van der Waals surface area contributed by atoms with Crippen molar-refractivity contribution >= 4 is 5.91 Å². The van der Waals surface area contributed by atoms with Gasteiger partial charge in [-0.25, -0.2) is 0 Å². The van der Waals surface area contributed by atoms with Gasteiger partial charge in [-0.15, -0.1) is 0 Å². The maximum absolute atomic E-state index is 11.1. The van der Waals surface area contributed by atoms with E-state index in [1.807, 2.05) is 0 Å². The van der Waals surface area contributed by atoms with Gasteiger partial charge in [0.1, 0.15) is 0 Å². The number of hydrogen-bond donors (Lipinski definition) is 2. The summed E-state index contributed by atoms with van der Waals surface area (Å²) in [6.07, 6.45) is 3.68. The van der Waals surface area contributed by atoms with Crippen molar-refractivity contribution in [2.75, 3.05) is 26.2 Å². The van der Waals surface area contributed by atoms with Crippen molar-refractivity contribution in [3.05, 3.63) is 0 Å². The minimum Gasteiger partial charge on any atom is -0.355 e. The van der Waals surface area contributed by atoms with Gasteiger partial charge in [0.2, 0.25) is 5.91 Å². The molecule has 1 fully saturated rings. The van der Waals surface area contributed by atoms with Crippen molar-refractivity contribution < 1.29 is 4.79 Å². The summed E-state index contributed by atoms with van der Waals surface area (Å²) in [5, 5.41) is 2.82. The Kier molecular flexibility index (Phi) is 4.90. The highest BCUT2D eigenvalue weighted by atomic mass is 16.2. The molecule has 82 valence electrons. The first-order chi connectivity index (χ1) is 6.70. The van der Waals surface area contributed by atoms with E-state index in [2.05, 4.69) is 10.2 Å². The monoisotopic (exact) mass is 199 g/mol. The van der Waals surface area contributed by atoms with Crippen LogP contribution in [0.3, 0.4) is 0 Å². The molecular weight excluding hydrogens is 178 g/mol. The van der Waals surface area contributed by atoms with E-state index < -0.39 is 0 Å². The molecule has 0 spiro atoms. The molecular formula is C10H21N3O. The maximum atomic E-state index is 11.1. The molecule has 1 heterocycles. The van der Waals surface area contributed by atoms with Gasteiger partial charge in [-0.3, -0.25) is 4.79 Å². The zero-order valence-corrected chi connectivity index (χ0v) is 8.96. The standard InChI is InChI=1S/C10H21N3O/c1-9(11)10(14)12-5-4-8-13-6-2-3-7-13/h9H,2-8,11H2,1H3,(H,12,14)/t9-/m1/s1. The van der Waals surface area contributed by atoms with Crippen LogP contribution in [0.4, 0.5) is 0 Å². The van der Waals surface area contributed by atoms with E-state index in [9.17, 15) is 4.79 Å². The lowest BCUT2D eigenvalue weighted by Gasteiger charge is -2.14. The van der Waals surface area contributed by atoms with Gasteiger partial charge in [-0.05, 0) is 45.8 Å². The van der Waals surface area contributed by atoms with Gasteiger partial charge in [0.25, 0.3) is 0 Å². The lowest BCUT2D eigenvalue weighted by Crippen LogP contribution is -2.39. The Labute approximate surface area is 85.8 Å². The van der Waals surface area contributed by atoms with Crippen molar-refractivity contribution in [1.29, 1.82) is 0 Å². The number of amides is 1. The molecule has 0 radical (unpaired) electrons. The third kappa shape index (κ3) is 4.07. The lowest BCUT2D eigenvalue weighted by molar-refractivity contribution is -0.121. The first-order valence-electron chi connectivity index (χ1n) is 5.46. The predicted octanol–water partition coefficient (Wildman–Crippen LogP) is -0.0643. The van der Waals surface area contributed by atoms with Crippen molar-refractivity contribution in [2.45, 2.75) is 32.2 Å². The Morgan fingerprint density at radius 3 is 2.71 bits per heavy atom. The summed E-state index contributed by atoms with van der Waals surface area (Å²) in [6, 6.07) is -0.387. The van der Waals surface area contributed by atoms with Crippen molar-refractivity contribution in [1.82, 2.24) is 10.2 Å². The Hall–Kier alpha value is -0.610. The summed E-state index contributed by atoms with van der Waals surface area (Å²) in [5.41, 5.74) is 5.42. The molecule has 4 nitrogen and oxygen atoms in total. The summed E-state index contributed by atoms with van der Waals surface area (Å²) in [5.74, 6) is -0.0496. The van der Waals surface area contributed by atoms with Crippen LogP contribution in [0.25, 0.3) is 0 Å². The van der Waals surface area contributed by atoms with Gasteiger partial charge < -0.3 is 16.0 Å². The highest BCUT2D eigenvalue weighted by Gasteiger charge is 2.11. The van der Waals surface area contributed by atoms with E-state index >= 15 is 0 Å². The Morgan fingerprint density at radius 1 is 1.50 bits per heavy atom. The number of nitrogens with one attached hydrogen (secondary N) is 1. The van der Waals surface area contributed by atoms with Crippen LogP contribution in [-0.4, -0.2) is 43.0 Å². The molecule has 1 amide bonds. The van der Waals surface area contributed by atoms with Crippen molar-refractivity contribution in [3.63, 3.8) is 0 Å². The molecule has 0 bridgehead atoms. The molecule has 3 N–H and O–H groups in total. The molecule has 1 aliphatic rings. The third-order valence-electron chi connectivity index (χ3n) is 2.56.